The summed E-state index contributed by atoms with van der Waals surface area (Å²) in [6, 6.07) is 6.13. The van der Waals surface area contributed by atoms with Crippen molar-refractivity contribution < 1.29 is 4.42 Å². The normalized spacial score (nSPS) is 12.2. The van der Waals surface area contributed by atoms with Gasteiger partial charge in [-0.1, -0.05) is 0 Å². The number of hydrogen-bond donors (Lipinski definition) is 2. The quantitative estimate of drug-likeness (QED) is 0.845. The van der Waals surface area contributed by atoms with Gasteiger partial charge in [0.1, 0.15) is 11.5 Å². The molecular weight excluding hydrogens is 226 g/mol. The number of nitrogens with one attached hydrogen (secondary N) is 2. The van der Waals surface area contributed by atoms with E-state index in [1.54, 1.807) is 0 Å². The summed E-state index contributed by atoms with van der Waals surface area (Å²) in [7, 11) is 0. The molecule has 0 amide bonds. The van der Waals surface area contributed by atoms with Gasteiger partial charge in [0, 0.05) is 6.54 Å². The van der Waals surface area contributed by atoms with Crippen molar-refractivity contribution in [2.75, 3.05) is 17.2 Å². The fourth-order valence-corrected chi connectivity index (χ4v) is 1.83. The lowest BCUT2D eigenvalue weighted by Crippen LogP contribution is -2.06. The minimum Gasteiger partial charge on any atom is -0.464 e. The minimum absolute atomic E-state index is 0.123. The van der Waals surface area contributed by atoms with Gasteiger partial charge in [0.05, 0.1) is 29.8 Å². The van der Waals surface area contributed by atoms with Gasteiger partial charge in [-0.25, -0.2) is 0 Å². The van der Waals surface area contributed by atoms with Crippen LogP contribution in [0.5, 0.6) is 0 Å². The van der Waals surface area contributed by atoms with Gasteiger partial charge >= 0.3 is 0 Å². The minimum atomic E-state index is 0.123. The summed E-state index contributed by atoms with van der Waals surface area (Å²) in [6.45, 7) is 6.97. The lowest BCUT2D eigenvalue weighted by Gasteiger charge is -2.13. The molecule has 0 saturated heterocycles. The molecule has 4 heteroatoms. The molecule has 0 spiro atoms. The van der Waals surface area contributed by atoms with Crippen molar-refractivity contribution in [3.8, 4) is 0 Å². The fourth-order valence-electron chi connectivity index (χ4n) is 1.83. The van der Waals surface area contributed by atoms with E-state index < -0.39 is 0 Å². The van der Waals surface area contributed by atoms with E-state index in [-0.39, 0.29) is 6.04 Å². The van der Waals surface area contributed by atoms with Gasteiger partial charge in [0.25, 0.3) is 0 Å². The van der Waals surface area contributed by atoms with Crippen molar-refractivity contribution in [3.05, 3.63) is 42.1 Å². The second kappa shape index (κ2) is 5.58. The van der Waals surface area contributed by atoms with Crippen LogP contribution in [-0.4, -0.2) is 11.5 Å². The summed E-state index contributed by atoms with van der Waals surface area (Å²) in [5, 5.41) is 6.61. The smallest absolute Gasteiger partial charge is 0.126 e. The lowest BCUT2D eigenvalue weighted by atomic mass is 10.2. The molecule has 0 aromatic carbocycles. The summed E-state index contributed by atoms with van der Waals surface area (Å²) < 4.78 is 5.60. The van der Waals surface area contributed by atoms with Crippen LogP contribution in [0.3, 0.4) is 0 Å². The molecule has 2 heterocycles. The summed E-state index contributed by atoms with van der Waals surface area (Å²) in [6.07, 6.45) is 3.63. The number of aryl methyl sites for hydroxylation is 1. The number of pyridine rings is 1. The molecule has 2 aromatic rings. The first-order valence-electron chi connectivity index (χ1n) is 6.21. The molecule has 1 atom stereocenters. The number of nitrogens with zero attached hydrogens (tertiary/aromatic N) is 1. The van der Waals surface area contributed by atoms with E-state index in [4.69, 9.17) is 4.42 Å². The molecule has 2 rings (SSSR count). The van der Waals surface area contributed by atoms with Gasteiger partial charge in [-0.3, -0.25) is 4.98 Å². The third-order valence-corrected chi connectivity index (χ3v) is 2.69. The highest BCUT2D eigenvalue weighted by Crippen LogP contribution is 2.22. The molecular formula is C14H19N3O. The Labute approximate surface area is 107 Å². The Morgan fingerprint density at radius 2 is 2.06 bits per heavy atom. The second-order valence-corrected chi connectivity index (χ2v) is 4.31. The first kappa shape index (κ1) is 12.5. The van der Waals surface area contributed by atoms with Gasteiger partial charge in [0.15, 0.2) is 0 Å². The highest BCUT2D eigenvalue weighted by Gasteiger charge is 2.09. The van der Waals surface area contributed by atoms with E-state index in [0.717, 1.165) is 29.4 Å². The molecule has 0 aliphatic heterocycles. The van der Waals surface area contributed by atoms with E-state index in [2.05, 4.69) is 29.5 Å². The second-order valence-electron chi connectivity index (χ2n) is 4.31. The number of anilines is 2. The zero-order valence-electron chi connectivity index (χ0n) is 11.0. The van der Waals surface area contributed by atoms with Crippen LogP contribution in [-0.2, 0) is 0 Å². The van der Waals surface area contributed by atoms with Gasteiger partial charge < -0.3 is 15.1 Å². The Hall–Kier alpha value is -1.97. The standard InChI is InChI=1S/C14H19N3O/c1-4-16-12-7-13(9-15-8-12)17-11(3)14-6-5-10(2)18-14/h5-9,11,16-17H,4H2,1-3H3. The molecule has 1 unspecified atom stereocenters. The maximum absolute atomic E-state index is 5.60. The molecule has 0 bridgehead atoms. The van der Waals surface area contributed by atoms with Gasteiger partial charge in [-0.2, -0.15) is 0 Å². The van der Waals surface area contributed by atoms with Crippen molar-refractivity contribution in [2.45, 2.75) is 26.8 Å². The van der Waals surface area contributed by atoms with Crippen LogP contribution in [0.25, 0.3) is 0 Å². The third kappa shape index (κ3) is 3.03. The third-order valence-electron chi connectivity index (χ3n) is 2.69. The summed E-state index contributed by atoms with van der Waals surface area (Å²) >= 11 is 0. The average Bonchev–Trinajstić information content (AvgIpc) is 2.77. The van der Waals surface area contributed by atoms with Crippen molar-refractivity contribution in [1.29, 1.82) is 0 Å². The molecule has 0 fully saturated rings. The first-order valence-corrected chi connectivity index (χ1v) is 6.21. The van der Waals surface area contributed by atoms with Crippen LogP contribution in [0.4, 0.5) is 11.4 Å². The van der Waals surface area contributed by atoms with E-state index in [1.807, 2.05) is 37.5 Å². The van der Waals surface area contributed by atoms with Crippen LogP contribution in [0.1, 0.15) is 31.4 Å². The average molecular weight is 245 g/mol. The highest BCUT2D eigenvalue weighted by molar-refractivity contribution is 5.54. The molecule has 0 aliphatic carbocycles. The number of aromatic nitrogens is 1. The van der Waals surface area contributed by atoms with Crippen molar-refractivity contribution in [2.24, 2.45) is 0 Å². The lowest BCUT2D eigenvalue weighted by molar-refractivity contribution is 0.467. The maximum Gasteiger partial charge on any atom is 0.126 e. The molecule has 2 aromatic heterocycles. The first-order chi connectivity index (χ1) is 8.69. The monoisotopic (exact) mass is 245 g/mol. The van der Waals surface area contributed by atoms with Crippen LogP contribution in [0, 0.1) is 6.92 Å². The van der Waals surface area contributed by atoms with Crippen LogP contribution in [0.2, 0.25) is 0 Å². The molecule has 0 aliphatic rings. The molecule has 2 N–H and O–H groups in total. The largest absolute Gasteiger partial charge is 0.464 e. The van der Waals surface area contributed by atoms with Gasteiger partial charge in [-0.15, -0.1) is 0 Å². The fraction of sp³-hybridized carbons (Fsp3) is 0.357. The van der Waals surface area contributed by atoms with Crippen molar-refractivity contribution in [3.63, 3.8) is 0 Å². The van der Waals surface area contributed by atoms with E-state index in [9.17, 15) is 0 Å². The summed E-state index contributed by atoms with van der Waals surface area (Å²) in [5.74, 6) is 1.86. The highest BCUT2D eigenvalue weighted by atomic mass is 16.3. The van der Waals surface area contributed by atoms with E-state index in [0.29, 0.717) is 0 Å². The topological polar surface area (TPSA) is 50.1 Å². The number of hydrogen-bond acceptors (Lipinski definition) is 4. The Kier molecular flexibility index (Phi) is 3.87. The SMILES string of the molecule is CCNc1cncc(NC(C)c2ccc(C)o2)c1. The maximum atomic E-state index is 5.60. The Balaban J connectivity index is 2.06. The van der Waals surface area contributed by atoms with Crippen LogP contribution >= 0.6 is 0 Å². The number of furan rings is 1. The molecule has 4 nitrogen and oxygen atoms in total. The predicted molar refractivity (Wildman–Crippen MR) is 73.9 cm³/mol. The predicted octanol–water partition coefficient (Wildman–Crippen LogP) is 3.59. The molecule has 18 heavy (non-hydrogen) atoms. The zero-order valence-corrected chi connectivity index (χ0v) is 11.0. The van der Waals surface area contributed by atoms with Gasteiger partial charge in [0.2, 0.25) is 0 Å². The molecule has 96 valence electrons. The number of rotatable bonds is 5. The van der Waals surface area contributed by atoms with E-state index in [1.165, 1.54) is 0 Å². The Bertz CT molecular complexity index is 507. The zero-order chi connectivity index (χ0) is 13.0. The summed E-state index contributed by atoms with van der Waals surface area (Å²) in [4.78, 5) is 4.20. The Morgan fingerprint density at radius 3 is 2.72 bits per heavy atom. The van der Waals surface area contributed by atoms with Gasteiger partial charge in [-0.05, 0) is 39.0 Å². The van der Waals surface area contributed by atoms with Crippen LogP contribution < -0.4 is 10.6 Å². The summed E-state index contributed by atoms with van der Waals surface area (Å²) in [5.41, 5.74) is 2.00. The Morgan fingerprint density at radius 1 is 1.28 bits per heavy atom. The van der Waals surface area contributed by atoms with Crippen molar-refractivity contribution in [1.82, 2.24) is 4.98 Å². The molecule has 0 saturated carbocycles. The van der Waals surface area contributed by atoms with E-state index >= 15 is 0 Å². The molecule has 0 radical (unpaired) electrons. The van der Waals surface area contributed by atoms with Crippen molar-refractivity contribution >= 4 is 11.4 Å². The van der Waals surface area contributed by atoms with Crippen LogP contribution in [0.15, 0.2) is 35.0 Å².